The monoisotopic (exact) mass is 478 g/mol. The summed E-state index contributed by atoms with van der Waals surface area (Å²) in [6.07, 6.45) is 6.35. The number of carbonyl (C=O) groups is 1. The van der Waals surface area contributed by atoms with E-state index in [-0.39, 0.29) is 23.8 Å². The van der Waals surface area contributed by atoms with Gasteiger partial charge in [0.25, 0.3) is 0 Å². The van der Waals surface area contributed by atoms with E-state index in [1.165, 1.54) is 29.7 Å². The normalized spacial score (nSPS) is 11.4. The van der Waals surface area contributed by atoms with Crippen LogP contribution in [0.2, 0.25) is 0 Å². The number of carbonyl (C=O) groups excluding carboxylic acids is 1. The van der Waals surface area contributed by atoms with Gasteiger partial charge in [-0.3, -0.25) is 9.78 Å². The lowest BCUT2D eigenvalue weighted by molar-refractivity contribution is -0.138. The lowest BCUT2D eigenvalue weighted by Gasteiger charge is -2.22. The van der Waals surface area contributed by atoms with Crippen LogP contribution >= 0.6 is 0 Å². The van der Waals surface area contributed by atoms with Gasteiger partial charge in [0.15, 0.2) is 5.82 Å². The average molecular weight is 479 g/mol. The molecule has 0 unspecified atom stereocenters. The van der Waals surface area contributed by atoms with Crippen molar-refractivity contribution in [2.45, 2.75) is 24.9 Å². The molecule has 0 amide bonds. The Morgan fingerprint density at radius 2 is 1.85 bits per heavy atom. The SMILES string of the molecule is CC(=O)ONc1cccc(CN(Cc2ccc(-n3cccn3)cc2)S(=O)(=O)c2cccnc2)n1. The standard InChI is InChI=1S/C23H22N6O4S/c1-18(30)33-27-23-7-2-5-20(26-23)17-28(34(31,32)22-6-3-12-24-15-22)16-19-8-10-21(11-9-19)29-14-4-13-25-29/h2-15H,16-17H2,1H3,(H,26,27). The van der Waals surface area contributed by atoms with E-state index in [1.54, 1.807) is 35.1 Å². The van der Waals surface area contributed by atoms with Crippen LogP contribution in [0.25, 0.3) is 5.69 Å². The number of benzene rings is 1. The van der Waals surface area contributed by atoms with Gasteiger partial charge in [0, 0.05) is 38.3 Å². The van der Waals surface area contributed by atoms with Crippen LogP contribution in [0.3, 0.4) is 0 Å². The Morgan fingerprint density at radius 3 is 2.53 bits per heavy atom. The summed E-state index contributed by atoms with van der Waals surface area (Å²) in [6.45, 7) is 1.37. The first-order valence-electron chi connectivity index (χ1n) is 10.3. The van der Waals surface area contributed by atoms with Crippen LogP contribution in [0.4, 0.5) is 5.82 Å². The third kappa shape index (κ3) is 5.63. The van der Waals surface area contributed by atoms with Crippen molar-refractivity contribution in [3.63, 3.8) is 0 Å². The smallest absolute Gasteiger partial charge is 0.329 e. The minimum absolute atomic E-state index is 0.00622. The van der Waals surface area contributed by atoms with Gasteiger partial charge in [0.1, 0.15) is 4.90 Å². The Balaban J connectivity index is 1.61. The van der Waals surface area contributed by atoms with E-state index in [4.69, 9.17) is 4.84 Å². The van der Waals surface area contributed by atoms with Crippen LogP contribution < -0.4 is 5.48 Å². The highest BCUT2D eigenvalue weighted by Crippen LogP contribution is 2.21. The van der Waals surface area contributed by atoms with Crippen molar-refractivity contribution in [2.24, 2.45) is 0 Å². The number of pyridine rings is 2. The van der Waals surface area contributed by atoms with Gasteiger partial charge in [-0.1, -0.05) is 18.2 Å². The van der Waals surface area contributed by atoms with Gasteiger partial charge in [-0.15, -0.1) is 0 Å². The molecule has 3 aromatic heterocycles. The van der Waals surface area contributed by atoms with Crippen LogP contribution in [-0.4, -0.2) is 38.4 Å². The molecule has 174 valence electrons. The second-order valence-corrected chi connectivity index (χ2v) is 9.23. The first-order valence-corrected chi connectivity index (χ1v) is 11.7. The number of hydrogen-bond acceptors (Lipinski definition) is 8. The van der Waals surface area contributed by atoms with Crippen molar-refractivity contribution in [2.75, 3.05) is 5.48 Å². The molecule has 0 fully saturated rings. The summed E-state index contributed by atoms with van der Waals surface area (Å²) in [5, 5.41) is 4.20. The van der Waals surface area contributed by atoms with Crippen molar-refractivity contribution in [1.82, 2.24) is 24.1 Å². The summed E-state index contributed by atoms with van der Waals surface area (Å²) in [4.78, 5) is 24.2. The van der Waals surface area contributed by atoms with Crippen molar-refractivity contribution in [3.05, 3.63) is 96.7 Å². The maximum Gasteiger partial charge on any atom is 0.329 e. The van der Waals surface area contributed by atoms with E-state index in [9.17, 15) is 13.2 Å². The molecule has 0 aliphatic carbocycles. The number of nitrogens with zero attached hydrogens (tertiary/aromatic N) is 5. The van der Waals surface area contributed by atoms with Gasteiger partial charge in [0.2, 0.25) is 10.0 Å². The number of anilines is 1. The second-order valence-electron chi connectivity index (χ2n) is 7.29. The fourth-order valence-corrected chi connectivity index (χ4v) is 4.55. The molecule has 34 heavy (non-hydrogen) atoms. The summed E-state index contributed by atoms with van der Waals surface area (Å²) in [5.41, 5.74) is 4.57. The Bertz CT molecular complexity index is 1340. The van der Waals surface area contributed by atoms with E-state index < -0.39 is 16.0 Å². The summed E-state index contributed by atoms with van der Waals surface area (Å²) in [5.74, 6) is -0.235. The quantitative estimate of drug-likeness (QED) is 0.365. The first kappa shape index (κ1) is 23.1. The van der Waals surface area contributed by atoms with Crippen LogP contribution in [0.1, 0.15) is 18.2 Å². The lowest BCUT2D eigenvalue weighted by atomic mass is 10.2. The molecule has 0 radical (unpaired) electrons. The number of hydrogen-bond donors (Lipinski definition) is 1. The molecule has 0 aliphatic heterocycles. The highest BCUT2D eigenvalue weighted by molar-refractivity contribution is 7.89. The number of nitrogens with one attached hydrogen (secondary N) is 1. The molecule has 1 N–H and O–H groups in total. The molecule has 1 aromatic carbocycles. The highest BCUT2D eigenvalue weighted by Gasteiger charge is 2.26. The minimum Gasteiger partial charge on any atom is -0.342 e. The van der Waals surface area contributed by atoms with Crippen molar-refractivity contribution in [1.29, 1.82) is 0 Å². The van der Waals surface area contributed by atoms with E-state index in [1.807, 2.05) is 36.5 Å². The van der Waals surface area contributed by atoms with Crippen LogP contribution in [0.15, 0.2) is 90.3 Å². The molecule has 0 spiro atoms. The molecule has 11 heteroatoms. The molecule has 4 aromatic rings. The van der Waals surface area contributed by atoms with Crippen molar-refractivity contribution >= 4 is 21.8 Å². The molecular formula is C23H22N6O4S. The zero-order valence-corrected chi connectivity index (χ0v) is 19.1. The zero-order chi connectivity index (χ0) is 24.0. The van der Waals surface area contributed by atoms with Gasteiger partial charge in [0.05, 0.1) is 17.9 Å². The largest absolute Gasteiger partial charge is 0.342 e. The molecule has 0 aliphatic rings. The van der Waals surface area contributed by atoms with E-state index >= 15 is 0 Å². The molecule has 0 saturated heterocycles. The lowest BCUT2D eigenvalue weighted by Crippen LogP contribution is -2.30. The number of sulfonamides is 1. The zero-order valence-electron chi connectivity index (χ0n) is 18.3. The van der Waals surface area contributed by atoms with Crippen molar-refractivity contribution in [3.8, 4) is 5.69 Å². The van der Waals surface area contributed by atoms with Gasteiger partial charge in [-0.25, -0.2) is 23.6 Å². The predicted molar refractivity (Wildman–Crippen MR) is 124 cm³/mol. The maximum atomic E-state index is 13.5. The molecule has 0 atom stereocenters. The average Bonchev–Trinajstić information content (AvgIpc) is 3.39. The van der Waals surface area contributed by atoms with Gasteiger partial charge in [-0.05, 0) is 48.0 Å². The van der Waals surface area contributed by atoms with E-state index in [0.717, 1.165) is 11.3 Å². The summed E-state index contributed by atoms with van der Waals surface area (Å²) in [7, 11) is -3.88. The fraction of sp³-hybridized carbons (Fsp3) is 0.130. The molecule has 0 saturated carbocycles. The molecule has 10 nitrogen and oxygen atoms in total. The Labute approximate surface area is 196 Å². The topological polar surface area (TPSA) is 119 Å². The minimum atomic E-state index is -3.88. The fourth-order valence-electron chi connectivity index (χ4n) is 3.18. The summed E-state index contributed by atoms with van der Waals surface area (Å²) < 4.78 is 30.0. The van der Waals surface area contributed by atoms with Gasteiger partial charge in [-0.2, -0.15) is 9.40 Å². The van der Waals surface area contributed by atoms with Crippen LogP contribution in [0.5, 0.6) is 0 Å². The summed E-state index contributed by atoms with van der Waals surface area (Å²) >= 11 is 0. The third-order valence-electron chi connectivity index (χ3n) is 4.78. The van der Waals surface area contributed by atoms with Gasteiger partial charge >= 0.3 is 5.97 Å². The highest BCUT2D eigenvalue weighted by atomic mass is 32.2. The van der Waals surface area contributed by atoms with E-state index in [2.05, 4.69) is 20.5 Å². The maximum absolute atomic E-state index is 13.5. The first-order chi connectivity index (χ1) is 16.4. The number of rotatable bonds is 9. The summed E-state index contributed by atoms with van der Waals surface area (Å²) in [6, 6.07) is 17.4. The van der Waals surface area contributed by atoms with Crippen molar-refractivity contribution < 1.29 is 18.0 Å². The van der Waals surface area contributed by atoms with E-state index in [0.29, 0.717) is 5.69 Å². The Kier molecular flexibility index (Phi) is 6.95. The third-order valence-corrected chi connectivity index (χ3v) is 6.56. The van der Waals surface area contributed by atoms with Crippen LogP contribution in [-0.2, 0) is 32.7 Å². The number of aromatic nitrogens is 4. The van der Waals surface area contributed by atoms with Gasteiger partial charge < -0.3 is 4.84 Å². The van der Waals surface area contributed by atoms with Crippen LogP contribution in [0, 0.1) is 0 Å². The Morgan fingerprint density at radius 1 is 1.03 bits per heavy atom. The molecule has 4 rings (SSSR count). The molecular weight excluding hydrogens is 456 g/mol. The molecule has 0 bridgehead atoms. The predicted octanol–water partition coefficient (Wildman–Crippen LogP) is 2.94. The molecule has 3 heterocycles. The second kappa shape index (κ2) is 10.2. The Hall–Kier alpha value is -4.09.